The highest BCUT2D eigenvalue weighted by molar-refractivity contribution is 5.89. The number of aromatic nitrogens is 2. The lowest BCUT2D eigenvalue weighted by Gasteiger charge is -2.57. The first-order chi connectivity index (χ1) is 24.1. The number of aryl methyl sites for hydroxylation is 2. The number of hydrogen-bond acceptors (Lipinski definition) is 5. The Hall–Kier alpha value is -4.55. The number of carboxylic acids is 1. The highest BCUT2D eigenvalue weighted by Crippen LogP contribution is 2.59. The van der Waals surface area contributed by atoms with Gasteiger partial charge in [-0.15, -0.1) is 0 Å². The number of alkyl halides is 4. The van der Waals surface area contributed by atoms with Crippen LogP contribution in [0.3, 0.4) is 0 Å². The number of nitrogens with one attached hydrogen (secondary N) is 1. The molecule has 0 radical (unpaired) electrons. The molecule has 8 nitrogen and oxygen atoms in total. The number of benzene rings is 2. The number of imidazole rings is 1. The van der Waals surface area contributed by atoms with Gasteiger partial charge in [-0.1, -0.05) is 32.0 Å². The van der Waals surface area contributed by atoms with Crippen molar-refractivity contribution in [1.82, 2.24) is 19.8 Å². The molecular formula is C39H42F4N5O3+. The topological polar surface area (TPSA) is 89.5 Å². The predicted molar refractivity (Wildman–Crippen MR) is 185 cm³/mol. The summed E-state index contributed by atoms with van der Waals surface area (Å²) in [6.07, 6.45) is -1.55. The summed E-state index contributed by atoms with van der Waals surface area (Å²) in [4.78, 5) is 39.2. The fourth-order valence-corrected chi connectivity index (χ4v) is 8.58. The molecule has 5 heterocycles. The van der Waals surface area contributed by atoms with E-state index in [-0.39, 0.29) is 55.6 Å². The van der Waals surface area contributed by atoms with E-state index in [0.717, 1.165) is 28.3 Å². The molecule has 1 aromatic heterocycles. The van der Waals surface area contributed by atoms with Crippen molar-refractivity contribution in [3.63, 3.8) is 0 Å². The molecule has 1 amide bonds. The molecule has 3 atom stereocenters. The van der Waals surface area contributed by atoms with Crippen molar-refractivity contribution in [3.05, 3.63) is 100 Å². The number of allylic oxidation sites excluding steroid dienone is 2. The summed E-state index contributed by atoms with van der Waals surface area (Å²) in [7, 11) is 0. The van der Waals surface area contributed by atoms with E-state index < -0.39 is 46.9 Å². The number of rotatable bonds is 10. The van der Waals surface area contributed by atoms with Gasteiger partial charge in [0.25, 0.3) is 0 Å². The number of nitrogens with zero attached hydrogens (tertiary/aromatic N) is 4. The van der Waals surface area contributed by atoms with Crippen molar-refractivity contribution in [3.8, 4) is 11.1 Å². The van der Waals surface area contributed by atoms with Crippen LogP contribution in [0.4, 0.5) is 17.6 Å². The number of amides is 1. The van der Waals surface area contributed by atoms with Gasteiger partial charge in [0.05, 0.1) is 22.9 Å². The molecule has 4 aliphatic rings. The van der Waals surface area contributed by atoms with Crippen LogP contribution in [0.1, 0.15) is 62.3 Å². The molecule has 4 aliphatic heterocycles. The Balaban J connectivity index is 1.45. The van der Waals surface area contributed by atoms with Gasteiger partial charge in [-0.25, -0.2) is 14.2 Å². The summed E-state index contributed by atoms with van der Waals surface area (Å²) in [5, 5.41) is 10.4. The molecule has 0 bridgehead atoms. The lowest BCUT2D eigenvalue weighted by molar-refractivity contribution is -0.845. The van der Waals surface area contributed by atoms with Crippen LogP contribution in [0, 0.1) is 19.8 Å². The Morgan fingerprint density at radius 3 is 2.49 bits per heavy atom. The van der Waals surface area contributed by atoms with E-state index in [4.69, 9.17) is 0 Å². The number of aromatic amines is 1. The Kier molecular flexibility index (Phi) is 8.61. The molecule has 51 heavy (non-hydrogen) atoms. The number of fused-ring (bicyclic) bond motifs is 3. The highest BCUT2D eigenvalue weighted by atomic mass is 19.4. The molecule has 2 fully saturated rings. The maximum absolute atomic E-state index is 15.3. The first-order valence-electron chi connectivity index (χ1n) is 17.4. The number of halogens is 4. The maximum atomic E-state index is 15.3. The van der Waals surface area contributed by atoms with Gasteiger partial charge in [0.2, 0.25) is 0 Å². The summed E-state index contributed by atoms with van der Waals surface area (Å²) < 4.78 is 57.5. The summed E-state index contributed by atoms with van der Waals surface area (Å²) in [5.41, 5.74) is 5.72. The van der Waals surface area contributed by atoms with Crippen LogP contribution in [0.5, 0.6) is 0 Å². The van der Waals surface area contributed by atoms with Gasteiger partial charge in [-0.2, -0.15) is 17.7 Å². The van der Waals surface area contributed by atoms with Crippen LogP contribution in [-0.2, 0) is 9.59 Å². The van der Waals surface area contributed by atoms with E-state index in [1.165, 1.54) is 12.5 Å². The number of H-pyrrole nitrogens is 1. The van der Waals surface area contributed by atoms with E-state index in [2.05, 4.69) is 16.5 Å². The Labute approximate surface area is 294 Å². The smallest absolute Gasteiger partial charge is 0.416 e. The second-order valence-corrected chi connectivity index (χ2v) is 14.7. The molecule has 0 saturated carbocycles. The third-order valence-electron chi connectivity index (χ3n) is 10.9. The van der Waals surface area contributed by atoms with Crippen LogP contribution in [0.15, 0.2) is 83.8 Å². The third-order valence-corrected chi connectivity index (χ3v) is 10.9. The minimum atomic E-state index is -4.70. The third kappa shape index (κ3) is 5.72. The molecule has 7 rings (SSSR count). The minimum Gasteiger partial charge on any atom is -0.481 e. The molecule has 268 valence electrons. The van der Waals surface area contributed by atoms with Gasteiger partial charge in [-0.05, 0) is 85.2 Å². The SMILES string of the molecule is C=C1CC2=C3C=C(C(F)(F)F)C(CCN4CC(F)C4)=CN3[C@H](CC(C)C)C(=O)[N+]12[C@H](CC(=O)O)c1cc(-c2c(C)cccc2C)cc2nc[nH]c12. The summed E-state index contributed by atoms with van der Waals surface area (Å²) in [5.74, 6) is -1.50. The Morgan fingerprint density at radius 2 is 1.88 bits per heavy atom. The number of carbonyl (C=O) groups is 2. The minimum absolute atomic E-state index is 0.0200. The van der Waals surface area contributed by atoms with Crippen molar-refractivity contribution in [2.24, 2.45) is 5.92 Å². The zero-order valence-electron chi connectivity index (χ0n) is 29.1. The molecule has 0 spiro atoms. The van der Waals surface area contributed by atoms with Crippen LogP contribution < -0.4 is 0 Å². The first-order valence-corrected chi connectivity index (χ1v) is 17.4. The summed E-state index contributed by atoms with van der Waals surface area (Å²) in [6, 6.07) is 7.82. The van der Waals surface area contributed by atoms with Crippen molar-refractivity contribution in [1.29, 1.82) is 0 Å². The second-order valence-electron chi connectivity index (χ2n) is 14.7. The summed E-state index contributed by atoms with van der Waals surface area (Å²) >= 11 is 0. The largest absolute Gasteiger partial charge is 0.481 e. The fourth-order valence-electron chi connectivity index (χ4n) is 8.58. The van der Waals surface area contributed by atoms with Crippen molar-refractivity contribution < 1.29 is 36.7 Å². The van der Waals surface area contributed by atoms with Crippen LogP contribution in [0.2, 0.25) is 0 Å². The standard InChI is InChI=1S/C39H41F4N5O3/c1-21(2)11-32-38(51)48(24(5)12-34(48)31-15-29(39(41,42)43)25(17-47(31)32)9-10-46-18-27(40)19-46)33(16-35(49)50)28-13-26(14-30-37(28)45-20-44-30)36-22(3)7-6-8-23(36)4/h6-8,13-15,17,20-21,27,32-33H,5,9-12,16,18-19H2,1-4H3,(H-,44,45,49,50)/p+1/t32-,33-,48?/m1/s1. The fraction of sp³-hybridized carbons (Fsp3) is 0.410. The van der Waals surface area contributed by atoms with Gasteiger partial charge in [0, 0.05) is 31.4 Å². The van der Waals surface area contributed by atoms with Crippen molar-refractivity contribution in [2.75, 3.05) is 19.6 Å². The molecule has 12 heteroatoms. The van der Waals surface area contributed by atoms with E-state index in [0.29, 0.717) is 34.4 Å². The van der Waals surface area contributed by atoms with Crippen LogP contribution in [0.25, 0.3) is 22.2 Å². The zero-order valence-corrected chi connectivity index (χ0v) is 29.1. The molecule has 0 aliphatic carbocycles. The van der Waals surface area contributed by atoms with Crippen molar-refractivity contribution in [2.45, 2.75) is 77.8 Å². The maximum Gasteiger partial charge on any atom is 0.416 e. The van der Waals surface area contributed by atoms with Crippen molar-refractivity contribution >= 4 is 22.9 Å². The van der Waals surface area contributed by atoms with E-state index >= 15 is 4.79 Å². The zero-order chi connectivity index (χ0) is 36.6. The molecule has 2 N–H and O–H groups in total. The van der Waals surface area contributed by atoms with Crippen LogP contribution >= 0.6 is 0 Å². The quantitative estimate of drug-likeness (QED) is 0.164. The Morgan fingerprint density at radius 1 is 1.18 bits per heavy atom. The van der Waals surface area contributed by atoms with Gasteiger partial charge in [0.1, 0.15) is 42.5 Å². The van der Waals surface area contributed by atoms with E-state index in [1.54, 1.807) is 9.80 Å². The van der Waals surface area contributed by atoms with Gasteiger partial charge >= 0.3 is 18.1 Å². The van der Waals surface area contributed by atoms with Gasteiger partial charge in [0.15, 0.2) is 5.70 Å². The number of aliphatic carboxylic acids is 1. The number of carbonyl (C=O) groups excluding carboxylic acids is 1. The number of carboxylic acid groups (broad SMARTS) is 1. The monoisotopic (exact) mass is 704 g/mol. The van der Waals surface area contributed by atoms with E-state index in [1.807, 2.05) is 58.0 Å². The first kappa shape index (κ1) is 34.9. The average Bonchev–Trinajstić information content (AvgIpc) is 3.51. The average molecular weight is 705 g/mol. The Bertz CT molecular complexity index is 2030. The van der Waals surface area contributed by atoms with Gasteiger partial charge in [-0.3, -0.25) is 9.69 Å². The molecule has 1 unspecified atom stereocenters. The predicted octanol–water partition coefficient (Wildman–Crippen LogP) is 8.00. The lowest BCUT2D eigenvalue weighted by Crippen LogP contribution is -2.68. The lowest BCUT2D eigenvalue weighted by atomic mass is 9.80. The second kappa shape index (κ2) is 12.6. The van der Waals surface area contributed by atoms with Crippen LogP contribution in [-0.4, -0.2) is 79.3 Å². The highest BCUT2D eigenvalue weighted by Gasteiger charge is 2.66. The molecule has 2 aromatic carbocycles. The summed E-state index contributed by atoms with van der Waals surface area (Å²) in [6.45, 7) is 12.8. The molecular weight excluding hydrogens is 662 g/mol. The number of likely N-dealkylation sites (tertiary alicyclic amines) is 1. The molecule has 3 aromatic rings. The molecule has 2 saturated heterocycles. The van der Waals surface area contributed by atoms with E-state index in [9.17, 15) is 27.5 Å². The number of quaternary nitrogens is 1. The van der Waals surface area contributed by atoms with Gasteiger partial charge < -0.3 is 15.0 Å². The number of hydrogen-bond donors (Lipinski definition) is 2. The normalized spacial score (nSPS) is 23.2.